The molecule has 1 atom stereocenters. The second kappa shape index (κ2) is 6.40. The van der Waals surface area contributed by atoms with Crippen LogP contribution in [0, 0.1) is 5.82 Å². The van der Waals surface area contributed by atoms with E-state index < -0.39 is 5.60 Å². The molecule has 0 bridgehead atoms. The van der Waals surface area contributed by atoms with Gasteiger partial charge >= 0.3 is 0 Å². The van der Waals surface area contributed by atoms with E-state index in [-0.39, 0.29) is 11.9 Å². The van der Waals surface area contributed by atoms with Crippen LogP contribution in [0.3, 0.4) is 0 Å². The maximum atomic E-state index is 13.0. The van der Waals surface area contributed by atoms with Crippen LogP contribution in [-0.2, 0) is 15.1 Å². The van der Waals surface area contributed by atoms with Crippen molar-refractivity contribution in [3.05, 3.63) is 35.6 Å². The summed E-state index contributed by atoms with van der Waals surface area (Å²) in [5.41, 5.74) is -0.0329. The van der Waals surface area contributed by atoms with Crippen molar-refractivity contribution < 1.29 is 19.0 Å². The van der Waals surface area contributed by atoms with Gasteiger partial charge in [-0.05, 0) is 30.5 Å². The SMILES string of the molecule is OC1(c2ccc(F)cc2)CCN(C[C@H]2COCCO2)CC1. The second-order valence-electron chi connectivity index (χ2n) is 5.91. The Morgan fingerprint density at radius 2 is 1.90 bits per heavy atom. The lowest BCUT2D eigenvalue weighted by molar-refractivity contribution is -0.106. The molecule has 2 fully saturated rings. The van der Waals surface area contributed by atoms with Gasteiger partial charge in [-0.1, -0.05) is 12.1 Å². The number of likely N-dealkylation sites (tertiary alicyclic amines) is 1. The second-order valence-corrected chi connectivity index (χ2v) is 5.91. The topological polar surface area (TPSA) is 41.9 Å². The van der Waals surface area contributed by atoms with E-state index in [1.165, 1.54) is 12.1 Å². The first-order valence-electron chi connectivity index (χ1n) is 7.56. The summed E-state index contributed by atoms with van der Waals surface area (Å²) in [6, 6.07) is 6.19. The highest BCUT2D eigenvalue weighted by atomic mass is 19.1. The number of hydrogen-bond donors (Lipinski definition) is 1. The molecule has 116 valence electrons. The lowest BCUT2D eigenvalue weighted by atomic mass is 9.84. The molecule has 3 rings (SSSR count). The molecule has 2 heterocycles. The molecule has 2 saturated heterocycles. The number of piperidine rings is 1. The zero-order valence-corrected chi connectivity index (χ0v) is 12.1. The normalized spacial score (nSPS) is 26.7. The number of nitrogens with zero attached hydrogens (tertiary/aromatic N) is 1. The van der Waals surface area contributed by atoms with Gasteiger partial charge in [0.05, 0.1) is 31.5 Å². The smallest absolute Gasteiger partial charge is 0.123 e. The van der Waals surface area contributed by atoms with Crippen LogP contribution >= 0.6 is 0 Å². The summed E-state index contributed by atoms with van der Waals surface area (Å²) in [5.74, 6) is -0.269. The van der Waals surface area contributed by atoms with E-state index in [0.29, 0.717) is 32.7 Å². The van der Waals surface area contributed by atoms with Gasteiger partial charge in [0.1, 0.15) is 5.82 Å². The van der Waals surface area contributed by atoms with Crippen molar-refractivity contribution in [1.82, 2.24) is 4.90 Å². The van der Waals surface area contributed by atoms with Gasteiger partial charge in [0.25, 0.3) is 0 Å². The van der Waals surface area contributed by atoms with Crippen molar-refractivity contribution >= 4 is 0 Å². The number of halogens is 1. The molecule has 21 heavy (non-hydrogen) atoms. The zero-order valence-electron chi connectivity index (χ0n) is 12.1. The van der Waals surface area contributed by atoms with Crippen molar-refractivity contribution in [2.45, 2.75) is 24.5 Å². The Balaban J connectivity index is 1.55. The molecule has 0 radical (unpaired) electrons. The summed E-state index contributed by atoms with van der Waals surface area (Å²) in [5, 5.41) is 10.8. The van der Waals surface area contributed by atoms with Crippen LogP contribution in [0.1, 0.15) is 18.4 Å². The average Bonchev–Trinajstić information content (AvgIpc) is 2.51. The molecule has 0 saturated carbocycles. The van der Waals surface area contributed by atoms with E-state index in [1.807, 2.05) is 0 Å². The van der Waals surface area contributed by atoms with E-state index in [4.69, 9.17) is 9.47 Å². The summed E-state index contributed by atoms with van der Waals surface area (Å²) in [7, 11) is 0. The molecule has 0 aromatic heterocycles. The maximum absolute atomic E-state index is 13.0. The molecule has 2 aliphatic heterocycles. The highest BCUT2D eigenvalue weighted by Gasteiger charge is 2.34. The monoisotopic (exact) mass is 295 g/mol. The summed E-state index contributed by atoms with van der Waals surface area (Å²) in [4.78, 5) is 2.30. The van der Waals surface area contributed by atoms with Crippen molar-refractivity contribution in [2.75, 3.05) is 39.5 Å². The van der Waals surface area contributed by atoms with Crippen molar-refractivity contribution in [1.29, 1.82) is 0 Å². The van der Waals surface area contributed by atoms with Gasteiger partial charge in [0.2, 0.25) is 0 Å². The quantitative estimate of drug-likeness (QED) is 0.918. The predicted molar refractivity (Wildman–Crippen MR) is 76.5 cm³/mol. The summed E-state index contributed by atoms with van der Waals surface area (Å²) in [6.07, 6.45) is 1.45. The van der Waals surface area contributed by atoms with Crippen LogP contribution in [0.4, 0.5) is 4.39 Å². The number of benzene rings is 1. The number of hydrogen-bond acceptors (Lipinski definition) is 4. The molecule has 1 N–H and O–H groups in total. The maximum Gasteiger partial charge on any atom is 0.123 e. The van der Waals surface area contributed by atoms with Gasteiger partial charge in [0.15, 0.2) is 0 Å². The first-order chi connectivity index (χ1) is 10.2. The van der Waals surface area contributed by atoms with E-state index >= 15 is 0 Å². The third-order valence-electron chi connectivity index (χ3n) is 4.41. The predicted octanol–water partition coefficient (Wildman–Crippen LogP) is 1.52. The van der Waals surface area contributed by atoms with E-state index in [9.17, 15) is 9.50 Å². The van der Waals surface area contributed by atoms with Gasteiger partial charge in [-0.25, -0.2) is 4.39 Å². The Kier molecular flexibility index (Phi) is 4.54. The summed E-state index contributed by atoms with van der Waals surface area (Å²) < 4.78 is 24.1. The Hall–Kier alpha value is -1.01. The summed E-state index contributed by atoms with van der Waals surface area (Å²) in [6.45, 7) is 4.47. The molecular weight excluding hydrogens is 273 g/mol. The standard InChI is InChI=1S/C16H22FNO3/c17-14-3-1-13(2-4-14)16(19)5-7-18(8-6-16)11-15-12-20-9-10-21-15/h1-4,15,19H,5-12H2/t15-/m0/s1. The Morgan fingerprint density at radius 1 is 1.19 bits per heavy atom. The molecule has 0 spiro atoms. The van der Waals surface area contributed by atoms with Gasteiger partial charge in [-0.15, -0.1) is 0 Å². The highest BCUT2D eigenvalue weighted by Crippen LogP contribution is 2.32. The minimum Gasteiger partial charge on any atom is -0.385 e. The Morgan fingerprint density at radius 3 is 2.52 bits per heavy atom. The summed E-state index contributed by atoms with van der Waals surface area (Å²) >= 11 is 0. The molecule has 5 heteroatoms. The van der Waals surface area contributed by atoms with Gasteiger partial charge in [-0.3, -0.25) is 0 Å². The fourth-order valence-corrected chi connectivity index (χ4v) is 3.08. The van der Waals surface area contributed by atoms with Crippen molar-refractivity contribution in [3.63, 3.8) is 0 Å². The first kappa shape index (κ1) is 14.9. The first-order valence-corrected chi connectivity index (χ1v) is 7.56. The molecule has 4 nitrogen and oxygen atoms in total. The number of aliphatic hydroxyl groups is 1. The largest absolute Gasteiger partial charge is 0.385 e. The average molecular weight is 295 g/mol. The van der Waals surface area contributed by atoms with E-state index in [1.54, 1.807) is 12.1 Å². The van der Waals surface area contributed by atoms with Crippen LogP contribution in [0.5, 0.6) is 0 Å². The highest BCUT2D eigenvalue weighted by molar-refractivity contribution is 5.23. The minimum atomic E-state index is -0.839. The molecule has 0 unspecified atom stereocenters. The number of ether oxygens (including phenoxy) is 2. The van der Waals surface area contributed by atoms with Gasteiger partial charge < -0.3 is 19.5 Å². The lowest BCUT2D eigenvalue weighted by Crippen LogP contribution is -2.47. The van der Waals surface area contributed by atoms with Crippen LogP contribution in [0.2, 0.25) is 0 Å². The van der Waals surface area contributed by atoms with E-state index in [0.717, 1.165) is 25.2 Å². The molecule has 1 aromatic carbocycles. The number of rotatable bonds is 3. The Labute approximate surface area is 124 Å². The molecule has 1 aromatic rings. The minimum absolute atomic E-state index is 0.135. The van der Waals surface area contributed by atoms with Crippen molar-refractivity contribution in [2.24, 2.45) is 0 Å². The molecule has 2 aliphatic rings. The van der Waals surface area contributed by atoms with Crippen molar-refractivity contribution in [3.8, 4) is 0 Å². The zero-order chi connectivity index (χ0) is 14.7. The Bertz CT molecular complexity index is 451. The fraction of sp³-hybridized carbons (Fsp3) is 0.625. The molecular formula is C16H22FNO3. The van der Waals surface area contributed by atoms with Crippen LogP contribution in [-0.4, -0.2) is 55.6 Å². The molecule has 0 amide bonds. The third-order valence-corrected chi connectivity index (χ3v) is 4.41. The van der Waals surface area contributed by atoms with Crippen LogP contribution in [0.25, 0.3) is 0 Å². The van der Waals surface area contributed by atoms with Crippen LogP contribution in [0.15, 0.2) is 24.3 Å². The molecule has 0 aliphatic carbocycles. The van der Waals surface area contributed by atoms with Crippen LogP contribution < -0.4 is 0 Å². The third kappa shape index (κ3) is 3.61. The van der Waals surface area contributed by atoms with Gasteiger partial charge in [-0.2, -0.15) is 0 Å². The fourth-order valence-electron chi connectivity index (χ4n) is 3.08. The lowest BCUT2D eigenvalue weighted by Gasteiger charge is -2.40. The van der Waals surface area contributed by atoms with Gasteiger partial charge in [0, 0.05) is 19.6 Å². The van der Waals surface area contributed by atoms with E-state index in [2.05, 4.69) is 4.90 Å².